The van der Waals surface area contributed by atoms with E-state index in [0.29, 0.717) is 18.8 Å². The topological polar surface area (TPSA) is 44.8 Å². The second-order valence-corrected chi connectivity index (χ2v) is 5.13. The predicted octanol–water partition coefficient (Wildman–Crippen LogP) is 4.14. The Bertz CT molecular complexity index is 702. The van der Waals surface area contributed by atoms with Crippen molar-refractivity contribution >= 4 is 11.9 Å². The van der Waals surface area contributed by atoms with Crippen molar-refractivity contribution in [2.24, 2.45) is 0 Å². The van der Waals surface area contributed by atoms with Gasteiger partial charge >= 0.3 is 0 Å². The molecular formula is C20H22O4. The maximum Gasteiger partial charge on any atom is 0.185 e. The molecule has 4 nitrogen and oxygen atoms in total. The van der Waals surface area contributed by atoms with Gasteiger partial charge in [-0.25, -0.2) is 0 Å². The summed E-state index contributed by atoms with van der Waals surface area (Å²) in [6.45, 7) is 3.07. The molecule has 0 saturated carbocycles. The average Bonchev–Trinajstić information content (AvgIpc) is 2.64. The van der Waals surface area contributed by atoms with E-state index in [1.54, 1.807) is 50.6 Å². The van der Waals surface area contributed by atoms with E-state index in [1.807, 2.05) is 25.1 Å². The lowest BCUT2D eigenvalue weighted by atomic mass is 10.1. The van der Waals surface area contributed by atoms with Crippen molar-refractivity contribution in [3.8, 4) is 11.5 Å². The van der Waals surface area contributed by atoms with Crippen LogP contribution < -0.4 is 9.47 Å². The van der Waals surface area contributed by atoms with E-state index >= 15 is 0 Å². The van der Waals surface area contributed by atoms with Crippen LogP contribution in [0, 0.1) is 0 Å². The number of methoxy groups -OCH3 is 2. The van der Waals surface area contributed by atoms with Crippen molar-refractivity contribution in [2.45, 2.75) is 13.5 Å². The lowest BCUT2D eigenvalue weighted by Crippen LogP contribution is -1.97. The zero-order chi connectivity index (χ0) is 17.4. The molecule has 0 N–H and O–H groups in total. The molecule has 2 aromatic carbocycles. The summed E-state index contributed by atoms with van der Waals surface area (Å²) in [5, 5.41) is 0. The van der Waals surface area contributed by atoms with Gasteiger partial charge in [0.1, 0.15) is 11.5 Å². The molecule has 126 valence electrons. The summed E-state index contributed by atoms with van der Waals surface area (Å²) < 4.78 is 15.9. The summed E-state index contributed by atoms with van der Waals surface area (Å²) in [7, 11) is 3.23. The number of benzene rings is 2. The van der Waals surface area contributed by atoms with E-state index in [4.69, 9.17) is 14.2 Å². The fourth-order valence-corrected chi connectivity index (χ4v) is 2.25. The third kappa shape index (κ3) is 4.70. The first kappa shape index (κ1) is 17.8. The van der Waals surface area contributed by atoms with Gasteiger partial charge in [-0.05, 0) is 55.0 Å². The van der Waals surface area contributed by atoms with E-state index in [2.05, 4.69) is 0 Å². The van der Waals surface area contributed by atoms with Crippen molar-refractivity contribution in [3.63, 3.8) is 0 Å². The average molecular weight is 326 g/mol. The Labute approximate surface area is 142 Å². The smallest absolute Gasteiger partial charge is 0.185 e. The third-order valence-electron chi connectivity index (χ3n) is 3.57. The first-order chi connectivity index (χ1) is 11.7. The summed E-state index contributed by atoms with van der Waals surface area (Å²) in [5.41, 5.74) is 2.50. The first-order valence-corrected chi connectivity index (χ1v) is 7.79. The van der Waals surface area contributed by atoms with E-state index < -0.39 is 0 Å². The van der Waals surface area contributed by atoms with Gasteiger partial charge in [-0.2, -0.15) is 0 Å². The molecule has 0 aliphatic rings. The Kier molecular flexibility index (Phi) is 6.58. The molecule has 0 heterocycles. The lowest BCUT2D eigenvalue weighted by Gasteiger charge is -2.09. The maximum absolute atomic E-state index is 12.2. The molecule has 0 aliphatic heterocycles. The SMILES string of the molecule is CCOCc1cc(/C=C/C(=O)c2ccc(OC)cc2)ccc1OC. The highest BCUT2D eigenvalue weighted by Gasteiger charge is 2.05. The molecule has 0 aliphatic carbocycles. The van der Waals surface area contributed by atoms with Gasteiger partial charge < -0.3 is 14.2 Å². The monoisotopic (exact) mass is 326 g/mol. The maximum atomic E-state index is 12.2. The Morgan fingerprint density at radius 3 is 2.42 bits per heavy atom. The standard InChI is InChI=1S/C20H22O4/c1-4-24-14-17-13-15(6-12-20(17)23-3)5-11-19(21)16-7-9-18(22-2)10-8-16/h5-13H,4,14H2,1-3H3/b11-5+. The van der Waals surface area contributed by atoms with Gasteiger partial charge in [0.15, 0.2) is 5.78 Å². The van der Waals surface area contributed by atoms with Crippen LogP contribution in [0.3, 0.4) is 0 Å². The minimum atomic E-state index is -0.0557. The number of hydrogen-bond acceptors (Lipinski definition) is 4. The Morgan fingerprint density at radius 2 is 1.79 bits per heavy atom. The molecule has 0 radical (unpaired) electrons. The van der Waals surface area contributed by atoms with Crippen molar-refractivity contribution in [2.75, 3.05) is 20.8 Å². The highest BCUT2D eigenvalue weighted by molar-refractivity contribution is 6.06. The normalized spacial score (nSPS) is 10.8. The van der Waals surface area contributed by atoms with Crippen molar-refractivity contribution in [3.05, 3.63) is 65.2 Å². The summed E-state index contributed by atoms with van der Waals surface area (Å²) in [5.74, 6) is 1.45. The van der Waals surface area contributed by atoms with Crippen LogP contribution >= 0.6 is 0 Å². The van der Waals surface area contributed by atoms with Crippen LogP contribution in [0.2, 0.25) is 0 Å². The second-order valence-electron chi connectivity index (χ2n) is 5.13. The fourth-order valence-electron chi connectivity index (χ4n) is 2.25. The summed E-state index contributed by atoms with van der Waals surface area (Å²) in [6.07, 6.45) is 3.36. The van der Waals surface area contributed by atoms with Crippen LogP contribution in [0.25, 0.3) is 6.08 Å². The molecule has 0 amide bonds. The van der Waals surface area contributed by atoms with Gasteiger partial charge in [-0.3, -0.25) is 4.79 Å². The zero-order valence-electron chi connectivity index (χ0n) is 14.2. The van der Waals surface area contributed by atoms with E-state index in [0.717, 1.165) is 22.6 Å². The quantitative estimate of drug-likeness (QED) is 0.540. The molecule has 0 spiro atoms. The van der Waals surface area contributed by atoms with Crippen molar-refractivity contribution in [1.82, 2.24) is 0 Å². The third-order valence-corrected chi connectivity index (χ3v) is 3.57. The van der Waals surface area contributed by atoms with E-state index in [-0.39, 0.29) is 5.78 Å². The molecule has 0 saturated heterocycles. The summed E-state index contributed by atoms with van der Waals surface area (Å²) >= 11 is 0. The van der Waals surface area contributed by atoms with Crippen LogP contribution in [0.1, 0.15) is 28.4 Å². The fraction of sp³-hybridized carbons (Fsp3) is 0.250. The molecule has 0 aromatic heterocycles. The summed E-state index contributed by atoms with van der Waals surface area (Å²) in [4.78, 5) is 12.2. The molecule has 2 rings (SSSR count). The predicted molar refractivity (Wildman–Crippen MR) is 94.7 cm³/mol. The number of rotatable bonds is 8. The molecule has 2 aromatic rings. The van der Waals surface area contributed by atoms with Crippen LogP contribution in [0.4, 0.5) is 0 Å². The van der Waals surface area contributed by atoms with E-state index in [1.165, 1.54) is 0 Å². The van der Waals surface area contributed by atoms with Crippen molar-refractivity contribution < 1.29 is 19.0 Å². The largest absolute Gasteiger partial charge is 0.497 e. The minimum absolute atomic E-state index is 0.0557. The number of carbonyl (C=O) groups excluding carboxylic acids is 1. The number of allylic oxidation sites excluding steroid dienone is 1. The molecule has 0 fully saturated rings. The second kappa shape index (κ2) is 8.89. The molecule has 0 atom stereocenters. The Hall–Kier alpha value is -2.59. The number of ketones is 1. The van der Waals surface area contributed by atoms with Gasteiger partial charge in [0.2, 0.25) is 0 Å². The highest BCUT2D eigenvalue weighted by Crippen LogP contribution is 2.22. The number of carbonyl (C=O) groups is 1. The molecular weight excluding hydrogens is 304 g/mol. The first-order valence-electron chi connectivity index (χ1n) is 7.79. The Morgan fingerprint density at radius 1 is 1.04 bits per heavy atom. The zero-order valence-corrected chi connectivity index (χ0v) is 14.2. The van der Waals surface area contributed by atoms with Gasteiger partial charge in [0, 0.05) is 17.7 Å². The molecule has 4 heteroatoms. The molecule has 0 unspecified atom stereocenters. The molecule has 24 heavy (non-hydrogen) atoms. The van der Waals surface area contributed by atoms with E-state index in [9.17, 15) is 4.79 Å². The van der Waals surface area contributed by atoms with Crippen LogP contribution in [0.15, 0.2) is 48.5 Å². The van der Waals surface area contributed by atoms with Crippen LogP contribution in [-0.4, -0.2) is 26.6 Å². The van der Waals surface area contributed by atoms with Gasteiger partial charge in [-0.15, -0.1) is 0 Å². The van der Waals surface area contributed by atoms with Gasteiger partial charge in [0.05, 0.1) is 20.8 Å². The van der Waals surface area contributed by atoms with Crippen LogP contribution in [0.5, 0.6) is 11.5 Å². The number of ether oxygens (including phenoxy) is 3. The lowest BCUT2D eigenvalue weighted by molar-refractivity contribution is 0.104. The number of hydrogen-bond donors (Lipinski definition) is 0. The minimum Gasteiger partial charge on any atom is -0.497 e. The van der Waals surface area contributed by atoms with Crippen molar-refractivity contribution in [1.29, 1.82) is 0 Å². The molecule has 0 bridgehead atoms. The van der Waals surface area contributed by atoms with Crippen LogP contribution in [-0.2, 0) is 11.3 Å². The highest BCUT2D eigenvalue weighted by atomic mass is 16.5. The Balaban J connectivity index is 2.13. The van der Waals surface area contributed by atoms with Gasteiger partial charge in [-0.1, -0.05) is 12.1 Å². The summed E-state index contributed by atoms with van der Waals surface area (Å²) in [6, 6.07) is 12.8. The van der Waals surface area contributed by atoms with Gasteiger partial charge in [0.25, 0.3) is 0 Å².